The van der Waals surface area contributed by atoms with Gasteiger partial charge in [-0.05, 0) is 32.4 Å². The highest BCUT2D eigenvalue weighted by Crippen LogP contribution is 2.30. The molecule has 7 nitrogen and oxygen atoms in total. The molecule has 0 saturated heterocycles. The highest BCUT2D eigenvalue weighted by Gasteiger charge is 2.07. The lowest BCUT2D eigenvalue weighted by atomic mass is 10.2. The average Bonchev–Trinajstić information content (AvgIpc) is 2.52. The summed E-state index contributed by atoms with van der Waals surface area (Å²) in [6.07, 6.45) is 1.72. The third-order valence-electron chi connectivity index (χ3n) is 3.01. The molecule has 1 aromatic rings. The van der Waals surface area contributed by atoms with E-state index in [1.54, 1.807) is 7.11 Å². The van der Waals surface area contributed by atoms with Crippen LogP contribution in [-0.2, 0) is 9.84 Å². The lowest BCUT2D eigenvalue weighted by Gasteiger charge is -2.14. The molecule has 0 fully saturated rings. The minimum Gasteiger partial charge on any atom is -0.493 e. The van der Waals surface area contributed by atoms with E-state index < -0.39 is 9.84 Å². The van der Waals surface area contributed by atoms with Crippen molar-refractivity contribution in [2.24, 2.45) is 4.99 Å². The third-order valence-corrected chi connectivity index (χ3v) is 4.04. The Bertz CT molecular complexity index is 645. The second-order valence-corrected chi connectivity index (χ2v) is 7.43. The monoisotopic (exact) mass is 357 g/mol. The van der Waals surface area contributed by atoms with Crippen LogP contribution in [0.3, 0.4) is 0 Å². The Hall–Kier alpha value is -1.96. The average molecular weight is 357 g/mol. The largest absolute Gasteiger partial charge is 0.493 e. The van der Waals surface area contributed by atoms with Crippen molar-refractivity contribution in [3.8, 4) is 11.5 Å². The minimum atomic E-state index is -2.95. The Balaban J connectivity index is 2.76. The van der Waals surface area contributed by atoms with Crippen LogP contribution in [0.4, 0.5) is 5.69 Å². The molecule has 0 heterocycles. The summed E-state index contributed by atoms with van der Waals surface area (Å²) in [7, 11) is -1.36. The number of hydrogen-bond donors (Lipinski definition) is 2. The topological polar surface area (TPSA) is 89.0 Å². The van der Waals surface area contributed by atoms with Crippen LogP contribution in [0.25, 0.3) is 0 Å². The first kappa shape index (κ1) is 20.1. The van der Waals surface area contributed by atoms with Gasteiger partial charge in [0.1, 0.15) is 9.84 Å². The van der Waals surface area contributed by atoms with Gasteiger partial charge in [-0.3, -0.25) is 4.99 Å². The van der Waals surface area contributed by atoms with Crippen LogP contribution in [0.2, 0.25) is 0 Å². The fraction of sp³-hybridized carbons (Fsp3) is 0.562. The van der Waals surface area contributed by atoms with Gasteiger partial charge in [0.15, 0.2) is 17.5 Å². The van der Waals surface area contributed by atoms with E-state index in [4.69, 9.17) is 9.47 Å². The predicted molar refractivity (Wildman–Crippen MR) is 98.1 cm³/mol. The normalized spacial score (nSPS) is 11.9. The molecular weight excluding hydrogens is 330 g/mol. The Morgan fingerprint density at radius 2 is 2.00 bits per heavy atom. The van der Waals surface area contributed by atoms with Crippen LogP contribution < -0.4 is 20.1 Å². The molecule has 0 atom stereocenters. The minimum absolute atomic E-state index is 0.132. The van der Waals surface area contributed by atoms with Crippen LogP contribution in [-0.4, -0.2) is 53.2 Å². The number of ether oxygens (including phenoxy) is 2. The highest BCUT2D eigenvalue weighted by molar-refractivity contribution is 7.90. The van der Waals surface area contributed by atoms with Crippen LogP contribution in [0.1, 0.15) is 20.3 Å². The fourth-order valence-corrected chi connectivity index (χ4v) is 2.63. The number of hydrogen-bond acceptors (Lipinski definition) is 5. The summed E-state index contributed by atoms with van der Waals surface area (Å²) >= 11 is 0. The van der Waals surface area contributed by atoms with Crippen LogP contribution in [0, 0.1) is 0 Å². The predicted octanol–water partition coefficient (Wildman–Crippen LogP) is 1.91. The van der Waals surface area contributed by atoms with Crippen LogP contribution in [0.15, 0.2) is 23.2 Å². The second kappa shape index (κ2) is 10.0. The van der Waals surface area contributed by atoms with E-state index in [1.165, 1.54) is 6.26 Å². The fourth-order valence-electron chi connectivity index (χ4n) is 1.98. The van der Waals surface area contributed by atoms with Gasteiger partial charge in [-0.2, -0.15) is 0 Å². The number of aliphatic imine (C=N–C) groups is 1. The van der Waals surface area contributed by atoms with Crippen molar-refractivity contribution in [2.45, 2.75) is 20.3 Å². The van der Waals surface area contributed by atoms with Gasteiger partial charge in [-0.15, -0.1) is 0 Å². The number of rotatable bonds is 9. The first-order valence-electron chi connectivity index (χ1n) is 7.93. The molecule has 8 heteroatoms. The van der Waals surface area contributed by atoms with E-state index >= 15 is 0 Å². The summed E-state index contributed by atoms with van der Waals surface area (Å²) in [5.74, 6) is 2.04. The first-order valence-corrected chi connectivity index (χ1v) is 9.99. The molecule has 0 aromatic heterocycles. The van der Waals surface area contributed by atoms with Crippen molar-refractivity contribution in [1.29, 1.82) is 0 Å². The molecule has 0 bridgehead atoms. The van der Waals surface area contributed by atoms with Gasteiger partial charge in [0.05, 0.1) is 19.5 Å². The SMILES string of the molecule is CCNC(=NCCCS(C)(=O)=O)Nc1ccc(OCC)c(OC)c1. The molecule has 0 aliphatic rings. The van der Waals surface area contributed by atoms with Crippen molar-refractivity contribution in [3.63, 3.8) is 0 Å². The number of guanidine groups is 1. The first-order chi connectivity index (χ1) is 11.4. The lowest BCUT2D eigenvalue weighted by molar-refractivity contribution is 0.311. The summed E-state index contributed by atoms with van der Waals surface area (Å²) in [6.45, 7) is 5.57. The zero-order valence-corrected chi connectivity index (χ0v) is 15.6. The second-order valence-electron chi connectivity index (χ2n) is 5.17. The Labute approximate surface area is 144 Å². The Kier molecular flexibility index (Phi) is 8.39. The third kappa shape index (κ3) is 7.54. The smallest absolute Gasteiger partial charge is 0.195 e. The number of sulfone groups is 1. The molecule has 1 aromatic carbocycles. The summed E-state index contributed by atoms with van der Waals surface area (Å²) < 4.78 is 33.1. The van der Waals surface area contributed by atoms with E-state index in [9.17, 15) is 8.42 Å². The van der Waals surface area contributed by atoms with Crippen molar-refractivity contribution >= 4 is 21.5 Å². The highest BCUT2D eigenvalue weighted by atomic mass is 32.2. The molecule has 0 aliphatic carbocycles. The van der Waals surface area contributed by atoms with E-state index in [1.807, 2.05) is 32.0 Å². The van der Waals surface area contributed by atoms with Crippen molar-refractivity contribution in [2.75, 3.05) is 44.1 Å². The quantitative estimate of drug-likeness (QED) is 0.399. The Morgan fingerprint density at radius 3 is 2.58 bits per heavy atom. The number of benzene rings is 1. The standard InChI is InChI=1S/C16H27N3O4S/c1-5-17-16(18-10-7-11-24(4,20)21)19-13-8-9-14(23-6-2)15(12-13)22-3/h8-9,12H,5-7,10-11H2,1-4H3,(H2,17,18,19). The molecule has 0 radical (unpaired) electrons. The molecule has 0 saturated carbocycles. The summed E-state index contributed by atoms with van der Waals surface area (Å²) in [6, 6.07) is 5.53. The van der Waals surface area contributed by atoms with Gasteiger partial charge in [0, 0.05) is 31.1 Å². The molecule has 2 N–H and O–H groups in total. The maximum Gasteiger partial charge on any atom is 0.195 e. The van der Waals surface area contributed by atoms with Gasteiger partial charge < -0.3 is 20.1 Å². The van der Waals surface area contributed by atoms with Gasteiger partial charge in [-0.25, -0.2) is 8.42 Å². The molecule has 0 unspecified atom stereocenters. The van der Waals surface area contributed by atoms with E-state index in [0.717, 1.165) is 5.69 Å². The van der Waals surface area contributed by atoms with E-state index in [0.29, 0.717) is 43.6 Å². The molecule has 24 heavy (non-hydrogen) atoms. The molecule has 0 amide bonds. The number of methoxy groups -OCH3 is 1. The molecule has 136 valence electrons. The molecule has 0 spiro atoms. The maximum absolute atomic E-state index is 11.1. The zero-order chi connectivity index (χ0) is 18.0. The lowest BCUT2D eigenvalue weighted by Crippen LogP contribution is -2.30. The number of anilines is 1. The molecular formula is C16H27N3O4S. The van der Waals surface area contributed by atoms with Gasteiger partial charge in [0.2, 0.25) is 0 Å². The summed E-state index contributed by atoms with van der Waals surface area (Å²) in [4.78, 5) is 4.38. The van der Waals surface area contributed by atoms with Crippen molar-refractivity contribution in [1.82, 2.24) is 5.32 Å². The van der Waals surface area contributed by atoms with Crippen molar-refractivity contribution < 1.29 is 17.9 Å². The van der Waals surface area contributed by atoms with E-state index in [-0.39, 0.29) is 5.75 Å². The number of nitrogens with zero attached hydrogens (tertiary/aromatic N) is 1. The van der Waals surface area contributed by atoms with Gasteiger partial charge in [0.25, 0.3) is 0 Å². The summed E-state index contributed by atoms with van der Waals surface area (Å²) in [5, 5.41) is 6.30. The molecule has 1 rings (SSSR count). The van der Waals surface area contributed by atoms with Gasteiger partial charge >= 0.3 is 0 Å². The summed E-state index contributed by atoms with van der Waals surface area (Å²) in [5.41, 5.74) is 0.804. The Morgan fingerprint density at radius 1 is 1.25 bits per heavy atom. The van der Waals surface area contributed by atoms with E-state index in [2.05, 4.69) is 15.6 Å². The van der Waals surface area contributed by atoms with Crippen LogP contribution >= 0.6 is 0 Å². The van der Waals surface area contributed by atoms with Crippen LogP contribution in [0.5, 0.6) is 11.5 Å². The molecule has 0 aliphatic heterocycles. The zero-order valence-electron chi connectivity index (χ0n) is 14.8. The maximum atomic E-state index is 11.1. The van der Waals surface area contributed by atoms with Gasteiger partial charge in [-0.1, -0.05) is 0 Å². The van der Waals surface area contributed by atoms with Crippen molar-refractivity contribution in [3.05, 3.63) is 18.2 Å². The number of nitrogens with one attached hydrogen (secondary N) is 2.